The maximum Gasteiger partial charge on any atom is 0.122 e. The van der Waals surface area contributed by atoms with Gasteiger partial charge in [0.25, 0.3) is 0 Å². The molecule has 0 aromatic carbocycles. The van der Waals surface area contributed by atoms with Gasteiger partial charge in [0, 0.05) is 25.4 Å². The number of nitrogens with zero attached hydrogens (tertiary/aromatic N) is 1. The van der Waals surface area contributed by atoms with Crippen LogP contribution in [0.15, 0.2) is 16.9 Å². The van der Waals surface area contributed by atoms with Crippen LogP contribution in [0.2, 0.25) is 0 Å². The molecule has 0 aromatic rings. The van der Waals surface area contributed by atoms with Crippen LogP contribution >= 0.6 is 0 Å². The van der Waals surface area contributed by atoms with E-state index in [4.69, 9.17) is 15.9 Å². The van der Waals surface area contributed by atoms with Crippen molar-refractivity contribution in [1.29, 1.82) is 5.41 Å². The zero-order valence-electron chi connectivity index (χ0n) is 7.54. The van der Waals surface area contributed by atoms with Crippen molar-refractivity contribution < 1.29 is 4.74 Å². The zero-order chi connectivity index (χ0) is 10.1. The molecule has 0 amide bonds. The number of hydrogen-bond donors (Lipinski definition) is 3. The summed E-state index contributed by atoms with van der Waals surface area (Å²) in [5.41, 5.74) is 5.56. The van der Waals surface area contributed by atoms with Gasteiger partial charge in [-0.3, -0.25) is 5.41 Å². The Kier molecular flexibility index (Phi) is 6.44. The average molecular weight is 186 g/mol. The van der Waals surface area contributed by atoms with Crippen LogP contribution in [0.3, 0.4) is 0 Å². The first kappa shape index (κ1) is 11.6. The molecule has 0 aromatic heterocycles. The van der Waals surface area contributed by atoms with Crippen molar-refractivity contribution in [2.75, 3.05) is 26.8 Å². The van der Waals surface area contributed by atoms with Crippen molar-refractivity contribution in [2.45, 2.75) is 0 Å². The molecular formula is C7H14N4O2. The Morgan fingerprint density at radius 2 is 2.46 bits per heavy atom. The number of rotatable bonds is 7. The van der Waals surface area contributed by atoms with Crippen molar-refractivity contribution in [3.05, 3.63) is 16.7 Å². The molecule has 0 fully saturated rings. The summed E-state index contributed by atoms with van der Waals surface area (Å²) in [6.07, 6.45) is 1.50. The number of nitrogens with one attached hydrogen (secondary N) is 2. The largest absolute Gasteiger partial charge is 0.388 e. The Balaban J connectivity index is 3.89. The van der Waals surface area contributed by atoms with Crippen molar-refractivity contribution in [3.63, 3.8) is 0 Å². The molecule has 0 rings (SSSR count). The molecule has 0 aliphatic carbocycles. The van der Waals surface area contributed by atoms with Gasteiger partial charge in [0.05, 0.1) is 6.61 Å². The summed E-state index contributed by atoms with van der Waals surface area (Å²) < 4.78 is 4.78. The Labute approximate surface area is 76.6 Å². The maximum absolute atomic E-state index is 9.91. The highest BCUT2D eigenvalue weighted by Gasteiger charge is 1.99. The van der Waals surface area contributed by atoms with E-state index in [0.717, 1.165) is 0 Å². The summed E-state index contributed by atoms with van der Waals surface area (Å²) in [5.74, 6) is -0.149. The molecule has 0 bridgehead atoms. The number of hydrogen-bond acceptors (Lipinski definition) is 5. The molecule has 0 heterocycles. The fraction of sp³-hybridized carbons (Fsp3) is 0.571. The minimum atomic E-state index is -0.149. The van der Waals surface area contributed by atoms with Crippen molar-refractivity contribution in [3.8, 4) is 0 Å². The van der Waals surface area contributed by atoms with Gasteiger partial charge in [-0.15, -0.1) is 0 Å². The summed E-state index contributed by atoms with van der Waals surface area (Å²) in [6, 6.07) is 0. The summed E-state index contributed by atoms with van der Waals surface area (Å²) in [6.45, 7) is 1.07. The van der Waals surface area contributed by atoms with Crippen LogP contribution in [0, 0.1) is 10.3 Å². The molecule has 0 atom stereocenters. The molecule has 0 unspecified atom stereocenters. The van der Waals surface area contributed by atoms with Gasteiger partial charge in [-0.25, -0.2) is 0 Å². The van der Waals surface area contributed by atoms with Crippen LogP contribution < -0.4 is 11.1 Å². The standard InChI is InChI=1S/C7H14N4O2/c1-13-3-2-10-4-6(5-11-12)7(8)9/h4,10H,2-3,5H2,1H3,(H3,8,9)/b6-4-. The Morgan fingerprint density at radius 3 is 2.92 bits per heavy atom. The SMILES string of the molecule is COCCN/C=C(/CN=O)C(=N)N. The van der Waals surface area contributed by atoms with E-state index in [0.29, 0.717) is 18.7 Å². The first-order chi connectivity index (χ1) is 6.22. The van der Waals surface area contributed by atoms with Crippen LogP contribution in [0.5, 0.6) is 0 Å². The third kappa shape index (κ3) is 5.80. The van der Waals surface area contributed by atoms with E-state index in [1.165, 1.54) is 6.20 Å². The van der Waals surface area contributed by atoms with E-state index in [1.807, 2.05) is 0 Å². The van der Waals surface area contributed by atoms with Crippen LogP contribution in [0.1, 0.15) is 0 Å². The lowest BCUT2D eigenvalue weighted by Crippen LogP contribution is -2.20. The first-order valence-electron chi connectivity index (χ1n) is 3.77. The van der Waals surface area contributed by atoms with E-state index in [9.17, 15) is 4.91 Å². The molecule has 0 aliphatic heterocycles. The third-order valence-corrected chi connectivity index (χ3v) is 1.31. The molecule has 0 saturated heterocycles. The van der Waals surface area contributed by atoms with E-state index in [1.54, 1.807) is 7.11 Å². The summed E-state index contributed by atoms with van der Waals surface area (Å²) in [7, 11) is 1.59. The lowest BCUT2D eigenvalue weighted by atomic mass is 10.3. The average Bonchev–Trinajstić information content (AvgIpc) is 2.10. The first-order valence-corrected chi connectivity index (χ1v) is 3.77. The molecule has 13 heavy (non-hydrogen) atoms. The maximum atomic E-state index is 9.91. The minimum absolute atomic E-state index is 0.0880. The van der Waals surface area contributed by atoms with Gasteiger partial charge in [0.15, 0.2) is 0 Å². The van der Waals surface area contributed by atoms with Crippen LogP contribution in [-0.2, 0) is 4.74 Å². The summed E-state index contributed by atoms with van der Waals surface area (Å²) in [4.78, 5) is 9.91. The second-order valence-electron chi connectivity index (χ2n) is 2.32. The van der Waals surface area contributed by atoms with Gasteiger partial charge in [-0.1, -0.05) is 5.18 Å². The van der Waals surface area contributed by atoms with E-state index in [-0.39, 0.29) is 12.4 Å². The Hall–Kier alpha value is -1.43. The number of methoxy groups -OCH3 is 1. The van der Waals surface area contributed by atoms with Crippen molar-refractivity contribution in [2.24, 2.45) is 10.9 Å². The van der Waals surface area contributed by atoms with Gasteiger partial charge in [-0.2, -0.15) is 4.91 Å². The fourth-order valence-electron chi connectivity index (χ4n) is 0.634. The molecule has 0 saturated carbocycles. The molecule has 6 nitrogen and oxygen atoms in total. The lowest BCUT2D eigenvalue weighted by molar-refractivity contribution is 0.202. The van der Waals surface area contributed by atoms with Crippen LogP contribution in [-0.4, -0.2) is 32.6 Å². The highest BCUT2D eigenvalue weighted by molar-refractivity contribution is 5.94. The molecule has 74 valence electrons. The molecule has 4 N–H and O–H groups in total. The van der Waals surface area contributed by atoms with E-state index >= 15 is 0 Å². The number of amidine groups is 1. The molecular weight excluding hydrogens is 172 g/mol. The second-order valence-corrected chi connectivity index (χ2v) is 2.32. The quantitative estimate of drug-likeness (QED) is 0.222. The van der Waals surface area contributed by atoms with Crippen molar-refractivity contribution in [1.82, 2.24) is 5.32 Å². The molecule has 0 spiro atoms. The topological polar surface area (TPSA) is 101 Å². The Bertz CT molecular complexity index is 203. The molecule has 0 radical (unpaired) electrons. The summed E-state index contributed by atoms with van der Waals surface area (Å²) >= 11 is 0. The van der Waals surface area contributed by atoms with Gasteiger partial charge in [0.1, 0.15) is 12.4 Å². The number of nitrogens with two attached hydrogens (primary N) is 1. The third-order valence-electron chi connectivity index (χ3n) is 1.31. The van der Waals surface area contributed by atoms with Crippen molar-refractivity contribution >= 4 is 5.84 Å². The zero-order valence-corrected chi connectivity index (χ0v) is 7.54. The normalized spacial score (nSPS) is 11.0. The van der Waals surface area contributed by atoms with Gasteiger partial charge in [0.2, 0.25) is 0 Å². The highest BCUT2D eigenvalue weighted by Crippen LogP contribution is 1.91. The number of ether oxygens (including phenoxy) is 1. The van der Waals surface area contributed by atoms with Gasteiger partial charge >= 0.3 is 0 Å². The Morgan fingerprint density at radius 1 is 1.77 bits per heavy atom. The predicted molar refractivity (Wildman–Crippen MR) is 50.5 cm³/mol. The predicted octanol–water partition coefficient (Wildman–Crippen LogP) is -0.191. The number of nitroso groups, excluding NO2 is 1. The molecule has 6 heteroatoms. The van der Waals surface area contributed by atoms with Crippen LogP contribution in [0.25, 0.3) is 0 Å². The minimum Gasteiger partial charge on any atom is -0.388 e. The molecule has 0 aliphatic rings. The van der Waals surface area contributed by atoms with Gasteiger partial charge < -0.3 is 15.8 Å². The van der Waals surface area contributed by atoms with E-state index in [2.05, 4.69) is 10.5 Å². The van der Waals surface area contributed by atoms with E-state index < -0.39 is 0 Å². The summed E-state index contributed by atoms with van der Waals surface area (Å²) in [5, 5.41) is 12.6. The monoisotopic (exact) mass is 186 g/mol. The fourth-order valence-corrected chi connectivity index (χ4v) is 0.634. The van der Waals surface area contributed by atoms with Crippen LogP contribution in [0.4, 0.5) is 0 Å². The highest BCUT2D eigenvalue weighted by atomic mass is 16.5. The lowest BCUT2D eigenvalue weighted by Gasteiger charge is -2.02. The smallest absolute Gasteiger partial charge is 0.122 e. The van der Waals surface area contributed by atoms with Gasteiger partial charge in [-0.05, 0) is 0 Å². The second kappa shape index (κ2) is 7.23.